The predicted octanol–water partition coefficient (Wildman–Crippen LogP) is 1.89. The average molecular weight is 468 g/mol. The third-order valence-corrected chi connectivity index (χ3v) is 6.49. The largest absolute Gasteiger partial charge is 0.378 e. The number of likely N-dealkylation sites (tertiary alicyclic amines) is 1. The first-order valence-electron chi connectivity index (χ1n) is 12.3. The monoisotopic (exact) mass is 467 g/mol. The summed E-state index contributed by atoms with van der Waals surface area (Å²) < 4.78 is 1.90. The van der Waals surface area contributed by atoms with Crippen molar-refractivity contribution in [3.8, 4) is 0 Å². The van der Waals surface area contributed by atoms with Crippen molar-refractivity contribution < 1.29 is 10.2 Å². The molecule has 4 heterocycles. The molecule has 9 nitrogen and oxygen atoms in total. The van der Waals surface area contributed by atoms with Gasteiger partial charge < -0.3 is 20.8 Å². The number of hydrogen-bond acceptors (Lipinski definition) is 8. The summed E-state index contributed by atoms with van der Waals surface area (Å²) in [4.78, 5) is 11.3. The Morgan fingerprint density at radius 3 is 2.88 bits per heavy atom. The highest BCUT2D eigenvalue weighted by molar-refractivity contribution is 5.79. The lowest BCUT2D eigenvalue weighted by atomic mass is 10.0. The molecule has 0 aliphatic carbocycles. The molecular formula is C25H37N7O2. The van der Waals surface area contributed by atoms with Gasteiger partial charge in [-0.25, -0.2) is 4.98 Å². The van der Waals surface area contributed by atoms with Gasteiger partial charge in [0, 0.05) is 68.7 Å². The maximum Gasteiger partial charge on any atom is 0.153 e. The molecule has 2 aromatic rings. The van der Waals surface area contributed by atoms with E-state index in [9.17, 15) is 10.2 Å². The van der Waals surface area contributed by atoms with E-state index in [2.05, 4.69) is 37.8 Å². The van der Waals surface area contributed by atoms with Crippen molar-refractivity contribution in [2.75, 3.05) is 38.7 Å². The topological polar surface area (TPSA) is 111 Å². The zero-order chi connectivity index (χ0) is 23.8. The number of pyridine rings is 1. The third kappa shape index (κ3) is 6.43. The van der Waals surface area contributed by atoms with E-state index in [4.69, 9.17) is 4.98 Å². The highest BCUT2D eigenvalue weighted by atomic mass is 16.5. The Hall–Kier alpha value is -2.75. The van der Waals surface area contributed by atoms with E-state index >= 15 is 0 Å². The second-order valence-corrected chi connectivity index (χ2v) is 9.06. The molecule has 184 valence electrons. The number of allylic oxidation sites excluding steroid dienone is 1. The molecule has 0 bridgehead atoms. The van der Waals surface area contributed by atoms with Crippen molar-refractivity contribution >= 4 is 12.0 Å². The number of aliphatic hydroxyl groups is 2. The number of hydrogen-bond donors (Lipinski definition) is 4. The van der Waals surface area contributed by atoms with Gasteiger partial charge >= 0.3 is 0 Å². The molecule has 2 aliphatic rings. The predicted molar refractivity (Wildman–Crippen MR) is 134 cm³/mol. The molecule has 4 rings (SSSR count). The van der Waals surface area contributed by atoms with Crippen LogP contribution in [0.2, 0.25) is 0 Å². The second kappa shape index (κ2) is 12.1. The lowest BCUT2D eigenvalue weighted by Crippen LogP contribution is -2.42. The molecule has 4 N–H and O–H groups in total. The summed E-state index contributed by atoms with van der Waals surface area (Å²) in [5, 5.41) is 30.9. The van der Waals surface area contributed by atoms with Crippen molar-refractivity contribution in [3.05, 3.63) is 53.1 Å². The molecule has 0 saturated carbocycles. The minimum atomic E-state index is -1.45. The number of aromatic nitrogens is 3. The van der Waals surface area contributed by atoms with E-state index in [-0.39, 0.29) is 12.5 Å². The highest BCUT2D eigenvalue weighted by Crippen LogP contribution is 2.25. The van der Waals surface area contributed by atoms with Crippen molar-refractivity contribution in [2.24, 2.45) is 4.99 Å². The molecular weight excluding hydrogens is 430 g/mol. The van der Waals surface area contributed by atoms with Gasteiger partial charge in [-0.05, 0) is 56.2 Å². The van der Waals surface area contributed by atoms with Crippen molar-refractivity contribution in [1.82, 2.24) is 25.0 Å². The Kier molecular flexibility index (Phi) is 8.67. The van der Waals surface area contributed by atoms with Gasteiger partial charge in [-0.3, -0.25) is 14.6 Å². The van der Waals surface area contributed by atoms with E-state index in [0.717, 1.165) is 81.2 Å². The highest BCUT2D eigenvalue weighted by Gasteiger charge is 2.22. The maximum absolute atomic E-state index is 9.81. The summed E-state index contributed by atoms with van der Waals surface area (Å²) in [5.41, 5.74) is 4.32. The van der Waals surface area contributed by atoms with E-state index < -0.39 is 6.29 Å². The Balaban J connectivity index is 1.43. The molecule has 0 radical (unpaired) electrons. The number of aliphatic hydroxyl groups excluding tert-OH is 1. The Morgan fingerprint density at radius 2 is 2.12 bits per heavy atom. The molecule has 1 unspecified atom stereocenters. The second-order valence-electron chi connectivity index (χ2n) is 9.06. The van der Waals surface area contributed by atoms with Crippen molar-refractivity contribution in [3.63, 3.8) is 0 Å². The van der Waals surface area contributed by atoms with Crippen LogP contribution in [0.1, 0.15) is 48.7 Å². The van der Waals surface area contributed by atoms with E-state index in [1.54, 1.807) is 19.5 Å². The lowest BCUT2D eigenvalue weighted by molar-refractivity contribution is -0.0523. The number of fused-ring (bicyclic) bond motifs is 1. The number of aliphatic imine (C=N–C) groups is 1. The smallest absolute Gasteiger partial charge is 0.153 e. The first-order chi connectivity index (χ1) is 16.6. The molecule has 9 heteroatoms. The number of nitrogens with zero attached hydrogens (tertiary/aromatic N) is 5. The minimum absolute atomic E-state index is 0.135. The van der Waals surface area contributed by atoms with Gasteiger partial charge in [0.15, 0.2) is 6.29 Å². The van der Waals surface area contributed by atoms with Gasteiger partial charge in [0.2, 0.25) is 0 Å². The van der Waals surface area contributed by atoms with Crippen LogP contribution in [0, 0.1) is 0 Å². The summed E-state index contributed by atoms with van der Waals surface area (Å²) in [7, 11) is 1.72. The molecule has 34 heavy (non-hydrogen) atoms. The number of rotatable bonds is 12. The Morgan fingerprint density at radius 1 is 1.24 bits per heavy atom. The molecule has 1 saturated heterocycles. The fraction of sp³-hybridized carbons (Fsp3) is 0.560. The average Bonchev–Trinajstić information content (AvgIpc) is 3.26. The first-order valence-corrected chi connectivity index (χ1v) is 12.3. The normalized spacial score (nSPS) is 17.5. The van der Waals surface area contributed by atoms with E-state index in [1.165, 1.54) is 12.0 Å². The summed E-state index contributed by atoms with van der Waals surface area (Å²) in [6.45, 7) is 3.97. The molecule has 1 atom stereocenters. The lowest BCUT2D eigenvalue weighted by Gasteiger charge is -2.30. The molecule has 0 spiro atoms. The van der Waals surface area contributed by atoms with Gasteiger partial charge in [-0.1, -0.05) is 6.07 Å². The van der Waals surface area contributed by atoms with Crippen molar-refractivity contribution in [2.45, 2.75) is 57.3 Å². The fourth-order valence-electron chi connectivity index (χ4n) is 4.56. The summed E-state index contributed by atoms with van der Waals surface area (Å²) >= 11 is 0. The Labute approximate surface area is 201 Å². The quantitative estimate of drug-likeness (QED) is 0.279. The van der Waals surface area contributed by atoms with Gasteiger partial charge in [0.1, 0.15) is 5.82 Å². The van der Waals surface area contributed by atoms with Gasteiger partial charge in [-0.15, -0.1) is 0 Å². The van der Waals surface area contributed by atoms with E-state index in [0.29, 0.717) is 0 Å². The zero-order valence-electron chi connectivity index (χ0n) is 20.0. The van der Waals surface area contributed by atoms with Gasteiger partial charge in [-0.2, -0.15) is 5.10 Å². The number of nitrogens with one attached hydrogen (secondary N) is 2. The molecule has 0 amide bonds. The van der Waals surface area contributed by atoms with Crippen LogP contribution < -0.4 is 10.6 Å². The van der Waals surface area contributed by atoms with E-state index in [1.807, 2.05) is 16.9 Å². The Bertz CT molecular complexity index is 981. The molecule has 0 aromatic carbocycles. The maximum atomic E-state index is 9.81. The number of anilines is 1. The van der Waals surface area contributed by atoms with Crippen LogP contribution in [-0.4, -0.2) is 75.7 Å². The van der Waals surface area contributed by atoms with Gasteiger partial charge in [0.25, 0.3) is 0 Å². The van der Waals surface area contributed by atoms with Crippen LogP contribution >= 0.6 is 0 Å². The summed E-state index contributed by atoms with van der Waals surface area (Å²) in [6.07, 6.45) is 10.3. The van der Waals surface area contributed by atoms with Crippen LogP contribution in [0.3, 0.4) is 0 Å². The summed E-state index contributed by atoms with van der Waals surface area (Å²) in [6, 6.07) is 6.01. The molecule has 1 fully saturated rings. The SMILES string of the molecule is CN=CC(=CNCN1CCC1)C(CC(O)O)n1nccc1CCCc1ccc2c(n1)NCCC2. The van der Waals surface area contributed by atoms with Crippen molar-refractivity contribution in [1.29, 1.82) is 0 Å². The van der Waals surface area contributed by atoms with Crippen LogP contribution in [0.5, 0.6) is 0 Å². The summed E-state index contributed by atoms with van der Waals surface area (Å²) in [5.74, 6) is 1.03. The van der Waals surface area contributed by atoms with Crippen LogP contribution in [0.15, 0.2) is 41.2 Å². The fourth-order valence-corrected chi connectivity index (χ4v) is 4.56. The third-order valence-electron chi connectivity index (χ3n) is 6.49. The first kappa shape index (κ1) is 24.4. The van der Waals surface area contributed by atoms with Gasteiger partial charge in [0.05, 0.1) is 12.7 Å². The number of aryl methyl sites for hydroxylation is 3. The standard InChI is InChI=1S/C25H37N7O2/c1-26-16-20(17-27-18-31-13-4-14-31)23(15-24(33)34)32-22(10-12-29-32)7-2-6-21-9-8-19-5-3-11-28-25(19)30-21/h8-10,12,16-17,23-24,27,33-34H,2-7,11,13-15,18H2,1H3,(H,28,30). The molecule has 2 aromatic heterocycles. The zero-order valence-corrected chi connectivity index (χ0v) is 20.0. The van der Waals surface area contributed by atoms with Crippen LogP contribution in [0.25, 0.3) is 0 Å². The minimum Gasteiger partial charge on any atom is -0.378 e. The molecule has 2 aliphatic heterocycles. The van der Waals surface area contributed by atoms with Crippen LogP contribution in [0.4, 0.5) is 5.82 Å². The van der Waals surface area contributed by atoms with Crippen LogP contribution in [-0.2, 0) is 19.3 Å².